The molecule has 6 rings (SSSR count). The molecule has 2 N–H and O–H groups in total. The first-order valence-electron chi connectivity index (χ1n) is 15.8. The number of rotatable bonds is 4. The molecule has 4 nitrogen and oxygen atoms in total. The minimum atomic E-state index is -5.58. The van der Waals surface area contributed by atoms with E-state index in [2.05, 4.69) is 68.3 Å². The van der Waals surface area contributed by atoms with Crippen molar-refractivity contribution >= 4 is 15.8 Å². The van der Waals surface area contributed by atoms with Gasteiger partial charge < -0.3 is 9.92 Å². The maximum atomic E-state index is 12.1. The zero-order valence-electron chi connectivity index (χ0n) is 27.1. The Bertz CT molecular complexity index is 1760. The third-order valence-electron chi connectivity index (χ3n) is 8.73. The van der Waals surface area contributed by atoms with Crippen LogP contribution in [0.3, 0.4) is 0 Å². The Morgan fingerprint density at radius 2 is 1.09 bits per heavy atom. The number of alkyl halides is 3. The first-order chi connectivity index (χ1) is 21.7. The van der Waals surface area contributed by atoms with Gasteiger partial charge in [0.1, 0.15) is 5.75 Å². The van der Waals surface area contributed by atoms with Crippen LogP contribution in [0.4, 0.5) is 18.9 Å². The Kier molecular flexibility index (Phi) is 11.6. The van der Waals surface area contributed by atoms with E-state index in [1.165, 1.54) is 71.2 Å². The van der Waals surface area contributed by atoms with Crippen molar-refractivity contribution in [1.82, 2.24) is 0 Å². The minimum Gasteiger partial charge on any atom is -0.399 e. The van der Waals surface area contributed by atoms with Gasteiger partial charge in [-0.1, -0.05) is 48.5 Å². The van der Waals surface area contributed by atoms with Crippen LogP contribution in [0.5, 0.6) is 5.75 Å². The number of hydrogen-bond donors (Lipinski definition) is 1. The second-order valence-electron chi connectivity index (χ2n) is 12.4. The molecule has 0 radical (unpaired) electrons. The van der Waals surface area contributed by atoms with Crippen LogP contribution in [0.25, 0.3) is 0 Å². The Hall–Kier alpha value is -3.78. The molecular formula is C38H44F3NO3S. The Morgan fingerprint density at radius 1 is 0.609 bits per heavy atom. The van der Waals surface area contributed by atoms with Gasteiger partial charge in [0.05, 0.1) is 0 Å². The van der Waals surface area contributed by atoms with Crippen LogP contribution in [0.2, 0.25) is 0 Å². The van der Waals surface area contributed by atoms with Crippen molar-refractivity contribution < 1.29 is 25.8 Å². The highest BCUT2D eigenvalue weighted by Gasteiger charge is 2.48. The lowest BCUT2D eigenvalue weighted by molar-refractivity contribution is -0.0500. The fourth-order valence-electron chi connectivity index (χ4n) is 5.75. The topological polar surface area (TPSA) is 69.4 Å². The fraction of sp³-hybridized carbons (Fsp3) is 0.368. The van der Waals surface area contributed by atoms with E-state index < -0.39 is 15.6 Å². The molecule has 4 aromatic carbocycles. The van der Waals surface area contributed by atoms with Gasteiger partial charge >= 0.3 is 15.6 Å². The predicted molar refractivity (Wildman–Crippen MR) is 181 cm³/mol. The molecular weight excluding hydrogens is 607 g/mol. The maximum absolute atomic E-state index is 12.1. The number of fused-ring (bicyclic) bond motifs is 2. The summed E-state index contributed by atoms with van der Waals surface area (Å²) in [5, 5.41) is 0. The molecule has 0 aromatic heterocycles. The molecule has 0 spiro atoms. The third-order valence-corrected chi connectivity index (χ3v) is 9.71. The van der Waals surface area contributed by atoms with Crippen molar-refractivity contribution in [2.45, 2.75) is 91.0 Å². The number of nitrogen functional groups attached to an aromatic ring is 1. The third kappa shape index (κ3) is 9.61. The number of halogens is 3. The number of anilines is 1. The molecule has 0 amide bonds. The van der Waals surface area contributed by atoms with Crippen LogP contribution in [-0.4, -0.2) is 13.9 Å². The smallest absolute Gasteiger partial charge is 0.399 e. The molecule has 0 atom stereocenters. The monoisotopic (exact) mass is 651 g/mol. The molecule has 0 aliphatic heterocycles. The van der Waals surface area contributed by atoms with Gasteiger partial charge in [0.2, 0.25) is 0 Å². The molecule has 246 valence electrons. The summed E-state index contributed by atoms with van der Waals surface area (Å²) in [6, 6.07) is 24.1. The van der Waals surface area contributed by atoms with E-state index in [9.17, 15) is 21.6 Å². The molecule has 2 aliphatic carbocycles. The van der Waals surface area contributed by atoms with Crippen molar-refractivity contribution in [3.05, 3.63) is 128 Å². The van der Waals surface area contributed by atoms with Crippen molar-refractivity contribution in [1.29, 1.82) is 0 Å². The lowest BCUT2D eigenvalue weighted by Crippen LogP contribution is -2.28. The minimum absolute atomic E-state index is 0.284. The average molecular weight is 652 g/mol. The summed E-state index contributed by atoms with van der Waals surface area (Å²) in [5.74, 6) is -0.284. The Morgan fingerprint density at radius 3 is 1.63 bits per heavy atom. The number of benzene rings is 4. The molecule has 8 heteroatoms. The summed E-state index contributed by atoms with van der Waals surface area (Å²) in [4.78, 5) is 0. The largest absolute Gasteiger partial charge is 0.534 e. The quantitative estimate of drug-likeness (QED) is 0.136. The molecule has 0 saturated heterocycles. The van der Waals surface area contributed by atoms with Gasteiger partial charge in [-0.3, -0.25) is 0 Å². The maximum Gasteiger partial charge on any atom is 0.534 e. The van der Waals surface area contributed by atoms with Gasteiger partial charge in [-0.25, -0.2) is 0 Å². The van der Waals surface area contributed by atoms with Gasteiger partial charge in [0.15, 0.2) is 0 Å². The Balaban J connectivity index is 0.000000167. The molecule has 0 heterocycles. The molecule has 2 aliphatic rings. The summed E-state index contributed by atoms with van der Waals surface area (Å²) in [7, 11) is -5.58. The van der Waals surface area contributed by atoms with Gasteiger partial charge in [0, 0.05) is 5.69 Å². The average Bonchev–Trinajstić information content (AvgIpc) is 3.01. The molecule has 0 fully saturated rings. The SMILES string of the molecule is Cc1ccc(Cc2ccc3c(c2)CCCC3)cc1C.Cc1ccc(N)cc1C.O=S(=O)(Oc1ccc2c(c1)CCCC2)C(F)(F)F. The summed E-state index contributed by atoms with van der Waals surface area (Å²) in [6.45, 7) is 8.52. The fourth-order valence-corrected chi connectivity index (χ4v) is 6.20. The molecule has 4 aromatic rings. The van der Waals surface area contributed by atoms with Crippen LogP contribution in [0, 0.1) is 27.7 Å². The summed E-state index contributed by atoms with van der Waals surface area (Å²) in [6.07, 6.45) is 9.92. The van der Waals surface area contributed by atoms with E-state index in [0.29, 0.717) is 0 Å². The molecule has 0 saturated carbocycles. The molecule has 0 unspecified atom stereocenters. The van der Waals surface area contributed by atoms with Crippen LogP contribution in [-0.2, 0) is 42.2 Å². The highest BCUT2D eigenvalue weighted by atomic mass is 32.2. The van der Waals surface area contributed by atoms with Crippen LogP contribution in [0.1, 0.15) is 81.3 Å². The zero-order valence-corrected chi connectivity index (χ0v) is 28.0. The normalized spacial score (nSPS) is 14.1. The van der Waals surface area contributed by atoms with Gasteiger partial charge in [-0.2, -0.15) is 21.6 Å². The predicted octanol–water partition coefficient (Wildman–Crippen LogP) is 9.45. The van der Waals surface area contributed by atoms with Gasteiger partial charge in [0.25, 0.3) is 0 Å². The zero-order chi connectivity index (χ0) is 33.5. The van der Waals surface area contributed by atoms with Crippen molar-refractivity contribution in [2.75, 3.05) is 5.73 Å². The summed E-state index contributed by atoms with van der Waals surface area (Å²) >= 11 is 0. The lowest BCUT2D eigenvalue weighted by atomic mass is 9.89. The van der Waals surface area contributed by atoms with Crippen molar-refractivity contribution in [3.8, 4) is 5.75 Å². The van der Waals surface area contributed by atoms with Crippen molar-refractivity contribution in [2.24, 2.45) is 0 Å². The second kappa shape index (κ2) is 15.2. The first kappa shape index (κ1) is 35.1. The molecule has 46 heavy (non-hydrogen) atoms. The summed E-state index contributed by atoms with van der Waals surface area (Å²) < 4.78 is 62.2. The highest BCUT2D eigenvalue weighted by Crippen LogP contribution is 2.30. The molecule has 0 bridgehead atoms. The highest BCUT2D eigenvalue weighted by molar-refractivity contribution is 7.88. The Labute approximate surface area is 271 Å². The van der Waals surface area contributed by atoms with Crippen LogP contribution < -0.4 is 9.92 Å². The number of aryl methyl sites for hydroxylation is 8. The number of nitrogens with two attached hydrogens (primary N) is 1. The first-order valence-corrected chi connectivity index (χ1v) is 17.2. The van der Waals surface area contributed by atoms with Crippen LogP contribution >= 0.6 is 0 Å². The van der Waals surface area contributed by atoms with E-state index in [1.807, 2.05) is 18.2 Å². The van der Waals surface area contributed by atoms with E-state index in [-0.39, 0.29) is 5.75 Å². The van der Waals surface area contributed by atoms with Crippen LogP contribution in [0.15, 0.2) is 72.8 Å². The number of hydrogen-bond acceptors (Lipinski definition) is 4. The van der Waals surface area contributed by atoms with Gasteiger partial charge in [-0.05, 0) is 165 Å². The van der Waals surface area contributed by atoms with E-state index in [1.54, 1.807) is 17.2 Å². The van der Waals surface area contributed by atoms with E-state index >= 15 is 0 Å². The van der Waals surface area contributed by atoms with Crippen molar-refractivity contribution in [3.63, 3.8) is 0 Å². The standard InChI is InChI=1S/C19H22.C11H11F3O3S.C8H11N/c1-14-7-8-16(11-15(14)2)12-17-9-10-18-5-3-4-6-19(18)13-17;12-11(13,14)18(15,16)17-10-6-5-8-3-1-2-4-9(8)7-10;1-6-3-4-8(9)5-7(6)2/h7-11,13H,3-6,12H2,1-2H3;5-7H,1-4H2;3-5H,9H2,1-2H3. The second-order valence-corrected chi connectivity index (χ2v) is 13.9. The van der Waals surface area contributed by atoms with E-state index in [0.717, 1.165) is 48.9 Å². The van der Waals surface area contributed by atoms with Gasteiger partial charge in [-0.15, -0.1) is 0 Å². The lowest BCUT2D eigenvalue weighted by Gasteiger charge is -2.16. The van der Waals surface area contributed by atoms with E-state index in [4.69, 9.17) is 5.73 Å². The summed E-state index contributed by atoms with van der Waals surface area (Å²) in [5.41, 5.74) is 14.3.